The molecule has 0 unspecified atom stereocenters. The summed E-state index contributed by atoms with van der Waals surface area (Å²) in [5, 5.41) is 6.07. The Morgan fingerprint density at radius 2 is 1.67 bits per heavy atom. The van der Waals surface area contributed by atoms with Crippen LogP contribution in [-0.4, -0.2) is 36.5 Å². The van der Waals surface area contributed by atoms with Crippen LogP contribution in [0.1, 0.15) is 56.9 Å². The third-order valence-electron chi connectivity index (χ3n) is 6.03. The molecule has 27 heavy (non-hydrogen) atoms. The fraction of sp³-hybridized carbons (Fsp3) is 0.636. The second kappa shape index (κ2) is 9.77. The lowest BCUT2D eigenvalue weighted by atomic mass is 9.93. The normalized spacial score (nSPS) is 18.5. The minimum atomic E-state index is -0.0119. The van der Waals surface area contributed by atoms with Crippen LogP contribution in [0.5, 0.6) is 0 Å². The second-order valence-electron chi connectivity index (χ2n) is 8.22. The van der Waals surface area contributed by atoms with Gasteiger partial charge in [-0.2, -0.15) is 0 Å². The summed E-state index contributed by atoms with van der Waals surface area (Å²) in [6.07, 6.45) is 8.76. The Kier molecular flexibility index (Phi) is 7.13. The Bertz CT molecular complexity index is 615. The number of anilines is 1. The maximum Gasteiger partial charge on any atom is 0.321 e. The highest BCUT2D eigenvalue weighted by molar-refractivity contribution is 5.89. The monoisotopic (exact) mass is 371 g/mol. The molecule has 5 nitrogen and oxygen atoms in total. The van der Waals surface area contributed by atoms with Gasteiger partial charge in [-0.3, -0.25) is 4.79 Å². The van der Waals surface area contributed by atoms with E-state index in [-0.39, 0.29) is 11.9 Å². The molecule has 3 rings (SSSR count). The average Bonchev–Trinajstić information content (AvgIpc) is 3.17. The van der Waals surface area contributed by atoms with E-state index in [0.29, 0.717) is 18.3 Å². The van der Waals surface area contributed by atoms with E-state index in [9.17, 15) is 9.59 Å². The number of benzene rings is 1. The first-order valence-corrected chi connectivity index (χ1v) is 10.5. The fourth-order valence-corrected chi connectivity index (χ4v) is 4.23. The van der Waals surface area contributed by atoms with E-state index in [1.165, 1.54) is 31.2 Å². The van der Waals surface area contributed by atoms with Crippen LogP contribution in [0.15, 0.2) is 24.3 Å². The van der Waals surface area contributed by atoms with Gasteiger partial charge in [0.1, 0.15) is 0 Å². The number of likely N-dealkylation sites (tertiary alicyclic amines) is 1. The predicted molar refractivity (Wildman–Crippen MR) is 109 cm³/mol. The van der Waals surface area contributed by atoms with Gasteiger partial charge in [-0.25, -0.2) is 4.79 Å². The summed E-state index contributed by atoms with van der Waals surface area (Å²) in [7, 11) is 0. The SMILES string of the molecule is Cc1ccc(NC(=O)N2CCC(CCNC(=O)CC3CCCC3)CC2)cc1. The Balaban J connectivity index is 1.30. The molecule has 1 saturated heterocycles. The van der Waals surface area contributed by atoms with E-state index >= 15 is 0 Å². The smallest absolute Gasteiger partial charge is 0.321 e. The highest BCUT2D eigenvalue weighted by Gasteiger charge is 2.23. The Morgan fingerprint density at radius 1 is 1.00 bits per heavy atom. The largest absolute Gasteiger partial charge is 0.356 e. The van der Waals surface area contributed by atoms with Gasteiger partial charge in [-0.15, -0.1) is 0 Å². The van der Waals surface area contributed by atoms with Crippen LogP contribution < -0.4 is 10.6 Å². The molecule has 0 aromatic heterocycles. The summed E-state index contributed by atoms with van der Waals surface area (Å²) in [6.45, 7) is 4.39. The molecule has 2 aliphatic rings. The van der Waals surface area contributed by atoms with Gasteiger partial charge in [0.2, 0.25) is 5.91 Å². The van der Waals surface area contributed by atoms with Gasteiger partial charge in [0.25, 0.3) is 0 Å². The van der Waals surface area contributed by atoms with E-state index in [2.05, 4.69) is 10.6 Å². The first-order chi connectivity index (χ1) is 13.1. The first-order valence-electron chi connectivity index (χ1n) is 10.5. The quantitative estimate of drug-likeness (QED) is 0.782. The van der Waals surface area contributed by atoms with Crippen molar-refractivity contribution in [1.82, 2.24) is 10.2 Å². The number of amides is 3. The van der Waals surface area contributed by atoms with Gasteiger partial charge in [-0.1, -0.05) is 30.5 Å². The van der Waals surface area contributed by atoms with E-state index in [0.717, 1.165) is 44.6 Å². The molecular weight excluding hydrogens is 338 g/mol. The van der Waals surface area contributed by atoms with Crippen LogP contribution in [0.2, 0.25) is 0 Å². The second-order valence-corrected chi connectivity index (χ2v) is 8.22. The van der Waals surface area contributed by atoms with Crippen molar-refractivity contribution in [2.24, 2.45) is 11.8 Å². The Labute approximate surface area is 162 Å². The van der Waals surface area contributed by atoms with Crippen LogP contribution in [0.25, 0.3) is 0 Å². The summed E-state index contributed by atoms with van der Waals surface area (Å²) in [6, 6.07) is 7.87. The number of piperidine rings is 1. The minimum absolute atomic E-state index is 0.0119. The Hall–Kier alpha value is -2.04. The van der Waals surface area contributed by atoms with Gasteiger partial charge >= 0.3 is 6.03 Å². The maximum atomic E-state index is 12.4. The number of carbonyl (C=O) groups excluding carboxylic acids is 2. The van der Waals surface area contributed by atoms with Crippen molar-refractivity contribution in [2.45, 2.75) is 58.3 Å². The number of rotatable bonds is 6. The van der Waals surface area contributed by atoms with Crippen molar-refractivity contribution in [1.29, 1.82) is 0 Å². The standard InChI is InChI=1S/C22H33N3O2/c1-17-6-8-20(9-7-17)24-22(27)25-14-11-18(12-15-25)10-13-23-21(26)16-19-4-2-3-5-19/h6-9,18-19H,2-5,10-16H2,1H3,(H,23,26)(H,24,27). The molecule has 0 radical (unpaired) electrons. The molecule has 2 N–H and O–H groups in total. The lowest BCUT2D eigenvalue weighted by Crippen LogP contribution is -2.41. The fourth-order valence-electron chi connectivity index (χ4n) is 4.23. The maximum absolute atomic E-state index is 12.4. The van der Waals surface area contributed by atoms with Gasteiger partial charge in [0, 0.05) is 31.7 Å². The topological polar surface area (TPSA) is 61.4 Å². The summed E-state index contributed by atoms with van der Waals surface area (Å²) >= 11 is 0. The summed E-state index contributed by atoms with van der Waals surface area (Å²) in [5.74, 6) is 1.43. The zero-order valence-electron chi connectivity index (χ0n) is 16.5. The van der Waals surface area contributed by atoms with E-state index in [4.69, 9.17) is 0 Å². The van der Waals surface area contributed by atoms with Crippen LogP contribution in [0.3, 0.4) is 0 Å². The average molecular weight is 372 g/mol. The summed E-state index contributed by atoms with van der Waals surface area (Å²) in [5.41, 5.74) is 2.03. The molecular formula is C22H33N3O2. The lowest BCUT2D eigenvalue weighted by molar-refractivity contribution is -0.122. The van der Waals surface area contributed by atoms with Crippen molar-refractivity contribution in [3.8, 4) is 0 Å². The molecule has 1 aromatic carbocycles. The van der Waals surface area contributed by atoms with Crippen LogP contribution >= 0.6 is 0 Å². The number of nitrogens with one attached hydrogen (secondary N) is 2. The highest BCUT2D eigenvalue weighted by atomic mass is 16.2. The molecule has 5 heteroatoms. The number of carbonyl (C=O) groups is 2. The van der Waals surface area contributed by atoms with Gasteiger partial charge in [0.15, 0.2) is 0 Å². The molecule has 2 fully saturated rings. The van der Waals surface area contributed by atoms with E-state index in [1.54, 1.807) is 0 Å². The van der Waals surface area contributed by atoms with Crippen molar-refractivity contribution >= 4 is 17.6 Å². The lowest BCUT2D eigenvalue weighted by Gasteiger charge is -2.32. The molecule has 1 aliphatic heterocycles. The molecule has 148 valence electrons. The summed E-state index contributed by atoms with van der Waals surface area (Å²) in [4.78, 5) is 26.3. The third kappa shape index (κ3) is 6.26. The minimum Gasteiger partial charge on any atom is -0.356 e. The van der Waals surface area contributed by atoms with Crippen LogP contribution in [-0.2, 0) is 4.79 Å². The molecule has 1 heterocycles. The third-order valence-corrected chi connectivity index (χ3v) is 6.03. The molecule has 1 saturated carbocycles. The predicted octanol–water partition coefficient (Wildman–Crippen LogP) is 4.33. The zero-order valence-corrected chi connectivity index (χ0v) is 16.5. The van der Waals surface area contributed by atoms with Crippen molar-refractivity contribution in [3.05, 3.63) is 29.8 Å². The number of hydrogen-bond donors (Lipinski definition) is 2. The number of hydrogen-bond acceptors (Lipinski definition) is 2. The van der Waals surface area contributed by atoms with Crippen LogP contribution in [0, 0.1) is 18.8 Å². The van der Waals surface area contributed by atoms with Crippen molar-refractivity contribution in [3.63, 3.8) is 0 Å². The molecule has 0 bridgehead atoms. The number of aryl methyl sites for hydroxylation is 1. The molecule has 1 aliphatic carbocycles. The molecule has 0 atom stereocenters. The molecule has 3 amide bonds. The van der Waals surface area contributed by atoms with Gasteiger partial charge in [0.05, 0.1) is 0 Å². The first kappa shape index (κ1) is 19.7. The van der Waals surface area contributed by atoms with E-state index < -0.39 is 0 Å². The highest BCUT2D eigenvalue weighted by Crippen LogP contribution is 2.27. The van der Waals surface area contributed by atoms with Crippen molar-refractivity contribution in [2.75, 3.05) is 25.0 Å². The molecule has 0 spiro atoms. The van der Waals surface area contributed by atoms with Gasteiger partial charge < -0.3 is 15.5 Å². The number of nitrogens with zero attached hydrogens (tertiary/aromatic N) is 1. The van der Waals surface area contributed by atoms with Crippen LogP contribution in [0.4, 0.5) is 10.5 Å². The zero-order chi connectivity index (χ0) is 19.1. The summed E-state index contributed by atoms with van der Waals surface area (Å²) < 4.78 is 0. The van der Waals surface area contributed by atoms with Gasteiger partial charge in [-0.05, 0) is 63.0 Å². The Morgan fingerprint density at radius 3 is 2.33 bits per heavy atom. The molecule has 1 aromatic rings. The van der Waals surface area contributed by atoms with Crippen molar-refractivity contribution < 1.29 is 9.59 Å². The number of urea groups is 1. The van der Waals surface area contributed by atoms with E-state index in [1.807, 2.05) is 36.1 Å².